The minimum Gasteiger partial charge on any atom is -0.369 e. The van der Waals surface area contributed by atoms with Crippen LogP contribution in [0, 0.1) is 5.92 Å². The molecular weight excluding hydrogens is 292 g/mol. The Hall–Kier alpha value is -1.40. The lowest BCUT2D eigenvalue weighted by molar-refractivity contribution is -0.00702. The van der Waals surface area contributed by atoms with E-state index in [0.717, 1.165) is 50.2 Å². The Kier molecular flexibility index (Phi) is 4.73. The van der Waals surface area contributed by atoms with Crippen molar-refractivity contribution in [2.24, 2.45) is 5.92 Å². The Labute approximate surface area is 138 Å². The zero-order chi connectivity index (χ0) is 16.6. The van der Waals surface area contributed by atoms with Gasteiger partial charge in [0.2, 0.25) is 0 Å². The average Bonchev–Trinajstić information content (AvgIpc) is 2.92. The van der Waals surface area contributed by atoms with Gasteiger partial charge in [0.15, 0.2) is 5.69 Å². The quantitative estimate of drug-likeness (QED) is 0.923. The van der Waals surface area contributed by atoms with Gasteiger partial charge >= 0.3 is 0 Å². The van der Waals surface area contributed by atoms with Gasteiger partial charge in [-0.05, 0) is 52.7 Å². The van der Waals surface area contributed by atoms with E-state index >= 15 is 0 Å². The van der Waals surface area contributed by atoms with Crippen LogP contribution in [0.25, 0.3) is 0 Å². The molecule has 6 nitrogen and oxygen atoms in total. The highest BCUT2D eigenvalue weighted by Gasteiger charge is 2.31. The number of fused-ring (bicyclic) bond motifs is 1. The lowest BCUT2D eigenvalue weighted by atomic mass is 9.96. The highest BCUT2D eigenvalue weighted by atomic mass is 16.5. The van der Waals surface area contributed by atoms with Crippen molar-refractivity contribution < 1.29 is 9.53 Å². The number of rotatable bonds is 3. The van der Waals surface area contributed by atoms with Crippen LogP contribution in [-0.2, 0) is 11.2 Å². The summed E-state index contributed by atoms with van der Waals surface area (Å²) in [6.45, 7) is 7.11. The zero-order valence-corrected chi connectivity index (χ0v) is 14.6. The van der Waals surface area contributed by atoms with Crippen LogP contribution in [0.5, 0.6) is 0 Å². The summed E-state index contributed by atoms with van der Waals surface area (Å²) >= 11 is 0. The van der Waals surface area contributed by atoms with Crippen molar-refractivity contribution in [2.45, 2.75) is 45.3 Å². The van der Waals surface area contributed by atoms with Crippen molar-refractivity contribution in [3.05, 3.63) is 17.0 Å². The maximum absolute atomic E-state index is 12.8. The standard InChI is InChI=1S/C17H28N4O2/c1-11-9-14-15(12(2)23-11)18-19-16(14)17(22)21(4)10-13-5-7-20(3)8-6-13/h11-13H,5-10H2,1-4H3,(H,18,19)/t11-,12+/m1/s1. The van der Waals surface area contributed by atoms with Crippen LogP contribution in [0.15, 0.2) is 0 Å². The van der Waals surface area contributed by atoms with E-state index in [9.17, 15) is 4.79 Å². The molecule has 0 aromatic carbocycles. The number of hydrogen-bond acceptors (Lipinski definition) is 4. The monoisotopic (exact) mass is 320 g/mol. The molecule has 3 heterocycles. The fourth-order valence-corrected chi connectivity index (χ4v) is 3.75. The summed E-state index contributed by atoms with van der Waals surface area (Å²) < 4.78 is 5.80. The first-order chi connectivity index (χ1) is 11.0. The van der Waals surface area contributed by atoms with Crippen molar-refractivity contribution in [3.63, 3.8) is 0 Å². The predicted octanol–water partition coefficient (Wildman–Crippen LogP) is 1.85. The van der Waals surface area contributed by atoms with Crippen molar-refractivity contribution in [2.75, 3.05) is 33.7 Å². The Bertz CT molecular complexity index is 563. The van der Waals surface area contributed by atoms with Crippen LogP contribution in [0.4, 0.5) is 0 Å². The summed E-state index contributed by atoms with van der Waals surface area (Å²) in [4.78, 5) is 17.0. The second-order valence-electron chi connectivity index (χ2n) is 7.19. The molecule has 1 aromatic heterocycles. The number of amides is 1. The van der Waals surface area contributed by atoms with Gasteiger partial charge in [0, 0.05) is 25.6 Å². The lowest BCUT2D eigenvalue weighted by Gasteiger charge is -2.31. The smallest absolute Gasteiger partial charge is 0.274 e. The van der Waals surface area contributed by atoms with Crippen LogP contribution in [0.2, 0.25) is 0 Å². The molecule has 2 atom stereocenters. The minimum absolute atomic E-state index is 0.0259. The average molecular weight is 320 g/mol. The first-order valence-electron chi connectivity index (χ1n) is 8.62. The summed E-state index contributed by atoms with van der Waals surface area (Å²) in [6.07, 6.45) is 3.17. The lowest BCUT2D eigenvalue weighted by Crippen LogP contribution is -2.38. The van der Waals surface area contributed by atoms with Crippen molar-refractivity contribution in [1.82, 2.24) is 20.0 Å². The fraction of sp³-hybridized carbons (Fsp3) is 0.765. The fourth-order valence-electron chi connectivity index (χ4n) is 3.75. The van der Waals surface area contributed by atoms with Crippen molar-refractivity contribution >= 4 is 5.91 Å². The molecule has 3 rings (SSSR count). The summed E-state index contributed by atoms with van der Waals surface area (Å²) in [7, 11) is 4.05. The first-order valence-corrected chi connectivity index (χ1v) is 8.62. The topological polar surface area (TPSA) is 61.5 Å². The Morgan fingerprint density at radius 2 is 2.09 bits per heavy atom. The number of ether oxygens (including phenoxy) is 1. The maximum Gasteiger partial charge on any atom is 0.274 e. The van der Waals surface area contributed by atoms with E-state index in [-0.39, 0.29) is 18.1 Å². The number of carbonyl (C=O) groups excluding carboxylic acids is 1. The van der Waals surface area contributed by atoms with Gasteiger partial charge in [-0.2, -0.15) is 5.10 Å². The molecule has 2 aliphatic rings. The van der Waals surface area contributed by atoms with E-state index < -0.39 is 0 Å². The molecule has 2 aliphatic heterocycles. The molecule has 23 heavy (non-hydrogen) atoms. The number of likely N-dealkylation sites (tertiary alicyclic amines) is 1. The van der Waals surface area contributed by atoms with E-state index in [1.807, 2.05) is 25.8 Å². The van der Waals surface area contributed by atoms with E-state index in [0.29, 0.717) is 11.6 Å². The van der Waals surface area contributed by atoms with Crippen molar-refractivity contribution in [3.8, 4) is 0 Å². The minimum atomic E-state index is -0.0259. The Balaban J connectivity index is 1.68. The number of H-pyrrole nitrogens is 1. The first kappa shape index (κ1) is 16.5. The Morgan fingerprint density at radius 3 is 2.78 bits per heavy atom. The van der Waals surface area contributed by atoms with E-state index in [2.05, 4.69) is 22.1 Å². The highest BCUT2D eigenvalue weighted by Crippen LogP contribution is 2.30. The molecule has 1 aromatic rings. The molecule has 0 spiro atoms. The van der Waals surface area contributed by atoms with E-state index in [4.69, 9.17) is 4.74 Å². The number of carbonyl (C=O) groups is 1. The van der Waals surface area contributed by atoms with E-state index in [1.54, 1.807) is 0 Å². The zero-order valence-electron chi connectivity index (χ0n) is 14.6. The number of nitrogens with zero attached hydrogens (tertiary/aromatic N) is 3. The molecular formula is C17H28N4O2. The molecule has 1 fully saturated rings. The van der Waals surface area contributed by atoms with E-state index in [1.165, 1.54) is 0 Å². The largest absolute Gasteiger partial charge is 0.369 e. The van der Waals surface area contributed by atoms with Gasteiger partial charge in [-0.15, -0.1) is 0 Å². The van der Waals surface area contributed by atoms with Gasteiger partial charge in [-0.1, -0.05) is 0 Å². The van der Waals surface area contributed by atoms with Crippen LogP contribution >= 0.6 is 0 Å². The molecule has 0 unspecified atom stereocenters. The second-order valence-corrected chi connectivity index (χ2v) is 7.19. The predicted molar refractivity (Wildman–Crippen MR) is 88.4 cm³/mol. The third kappa shape index (κ3) is 3.43. The maximum atomic E-state index is 12.8. The van der Waals surface area contributed by atoms with Gasteiger partial charge in [-0.25, -0.2) is 0 Å². The number of piperidine rings is 1. The van der Waals surface area contributed by atoms with Crippen molar-refractivity contribution in [1.29, 1.82) is 0 Å². The summed E-state index contributed by atoms with van der Waals surface area (Å²) in [5, 5.41) is 7.32. The summed E-state index contributed by atoms with van der Waals surface area (Å²) in [5.74, 6) is 0.624. The molecule has 0 aliphatic carbocycles. The highest BCUT2D eigenvalue weighted by molar-refractivity contribution is 5.94. The van der Waals surface area contributed by atoms with Gasteiger partial charge in [0.25, 0.3) is 5.91 Å². The third-order valence-corrected chi connectivity index (χ3v) is 5.15. The third-order valence-electron chi connectivity index (χ3n) is 5.15. The molecule has 6 heteroatoms. The van der Waals surface area contributed by atoms with Crippen LogP contribution in [0.3, 0.4) is 0 Å². The number of aromatic amines is 1. The molecule has 1 amide bonds. The number of nitrogens with one attached hydrogen (secondary N) is 1. The van der Waals surface area contributed by atoms with Gasteiger partial charge in [-0.3, -0.25) is 9.89 Å². The molecule has 1 saturated heterocycles. The van der Waals surface area contributed by atoms with Crippen LogP contribution in [0.1, 0.15) is 54.5 Å². The van der Waals surface area contributed by atoms with Gasteiger partial charge in [0.1, 0.15) is 0 Å². The van der Waals surface area contributed by atoms with Crippen LogP contribution in [-0.4, -0.2) is 65.7 Å². The normalized spacial score (nSPS) is 26.1. The van der Waals surface area contributed by atoms with Gasteiger partial charge < -0.3 is 14.5 Å². The molecule has 1 N–H and O–H groups in total. The summed E-state index contributed by atoms with van der Waals surface area (Å²) in [6, 6.07) is 0. The Morgan fingerprint density at radius 1 is 1.39 bits per heavy atom. The number of aromatic nitrogens is 2. The van der Waals surface area contributed by atoms with Crippen LogP contribution < -0.4 is 0 Å². The molecule has 0 bridgehead atoms. The second kappa shape index (κ2) is 6.61. The SMILES string of the molecule is C[C@@H]1Cc2c(C(=O)N(C)CC3CCN(C)CC3)n[nH]c2[C@H](C)O1. The molecule has 128 valence electrons. The van der Waals surface area contributed by atoms with Gasteiger partial charge in [0.05, 0.1) is 17.9 Å². The summed E-state index contributed by atoms with van der Waals surface area (Å²) in [5.41, 5.74) is 2.58. The number of hydrogen-bond donors (Lipinski definition) is 1. The molecule has 0 saturated carbocycles. The molecule has 0 radical (unpaired) electrons.